The molecule has 1 aromatic carbocycles. The van der Waals surface area contributed by atoms with Crippen molar-refractivity contribution in [1.82, 2.24) is 4.98 Å². The molecule has 84 valence electrons. The van der Waals surface area contributed by atoms with Crippen molar-refractivity contribution in [1.29, 1.82) is 0 Å². The summed E-state index contributed by atoms with van der Waals surface area (Å²) in [6.07, 6.45) is 1.35. The van der Waals surface area contributed by atoms with E-state index in [0.717, 1.165) is 3.57 Å². The SMILES string of the molecule is Cl.NC(=O)c1c[nH]c2ccc(I)cc2c1=O. The van der Waals surface area contributed by atoms with E-state index in [-0.39, 0.29) is 23.4 Å². The molecule has 6 heteroatoms. The van der Waals surface area contributed by atoms with Crippen LogP contribution in [0.4, 0.5) is 0 Å². The standard InChI is InChI=1S/C10H7IN2O2.ClH/c11-5-1-2-8-6(3-5)9(14)7(4-13-8)10(12)15;/h1-4H,(H2,12,15)(H,13,14);1H. The lowest BCUT2D eigenvalue weighted by Gasteiger charge is -2.00. The summed E-state index contributed by atoms with van der Waals surface area (Å²) < 4.78 is 0.937. The van der Waals surface area contributed by atoms with Gasteiger partial charge < -0.3 is 10.7 Å². The summed E-state index contributed by atoms with van der Waals surface area (Å²) in [4.78, 5) is 25.6. The number of fused-ring (bicyclic) bond motifs is 1. The van der Waals surface area contributed by atoms with E-state index < -0.39 is 5.91 Å². The lowest BCUT2D eigenvalue weighted by Crippen LogP contribution is -2.22. The third-order valence-electron chi connectivity index (χ3n) is 2.11. The van der Waals surface area contributed by atoms with E-state index in [1.54, 1.807) is 12.1 Å². The molecule has 16 heavy (non-hydrogen) atoms. The normalized spacial score (nSPS) is 9.81. The molecule has 0 aliphatic heterocycles. The zero-order chi connectivity index (χ0) is 11.0. The van der Waals surface area contributed by atoms with Gasteiger partial charge in [-0.05, 0) is 40.8 Å². The predicted octanol–water partition coefficient (Wildman–Crippen LogP) is 1.65. The zero-order valence-corrected chi connectivity index (χ0v) is 11.0. The van der Waals surface area contributed by atoms with E-state index in [0.29, 0.717) is 10.9 Å². The third kappa shape index (κ3) is 2.19. The molecule has 0 atom stereocenters. The van der Waals surface area contributed by atoms with E-state index in [1.165, 1.54) is 6.20 Å². The van der Waals surface area contributed by atoms with Crippen molar-refractivity contribution < 1.29 is 4.79 Å². The predicted molar refractivity (Wildman–Crippen MR) is 73.1 cm³/mol. The molecule has 1 aromatic heterocycles. The van der Waals surface area contributed by atoms with Crippen molar-refractivity contribution in [3.63, 3.8) is 0 Å². The van der Waals surface area contributed by atoms with E-state index in [1.807, 2.05) is 6.07 Å². The molecular formula is C10H8ClIN2O2. The van der Waals surface area contributed by atoms with Gasteiger partial charge in [0.2, 0.25) is 5.43 Å². The Balaban J connectivity index is 0.00000128. The topological polar surface area (TPSA) is 76.0 Å². The van der Waals surface area contributed by atoms with Crippen LogP contribution in [0.15, 0.2) is 29.2 Å². The second-order valence-corrected chi connectivity index (χ2v) is 4.33. The minimum atomic E-state index is -0.711. The van der Waals surface area contributed by atoms with Gasteiger partial charge in [-0.15, -0.1) is 12.4 Å². The minimum absolute atomic E-state index is 0. The largest absolute Gasteiger partial charge is 0.365 e. The smallest absolute Gasteiger partial charge is 0.254 e. The number of amides is 1. The third-order valence-corrected chi connectivity index (χ3v) is 2.78. The average molecular weight is 351 g/mol. The summed E-state index contributed by atoms with van der Waals surface area (Å²) in [6.45, 7) is 0. The molecule has 2 aromatic rings. The van der Waals surface area contributed by atoms with Crippen LogP contribution < -0.4 is 11.2 Å². The molecule has 4 nitrogen and oxygen atoms in total. The highest BCUT2D eigenvalue weighted by Crippen LogP contribution is 2.12. The van der Waals surface area contributed by atoms with Gasteiger partial charge in [-0.3, -0.25) is 9.59 Å². The Morgan fingerprint density at radius 3 is 2.69 bits per heavy atom. The average Bonchev–Trinajstić information content (AvgIpc) is 2.19. The van der Waals surface area contributed by atoms with Crippen LogP contribution in [0, 0.1) is 3.57 Å². The maximum atomic E-state index is 11.8. The first-order valence-corrected chi connectivity index (χ1v) is 5.28. The van der Waals surface area contributed by atoms with Crippen LogP contribution in [-0.2, 0) is 0 Å². The van der Waals surface area contributed by atoms with Crippen molar-refractivity contribution in [2.75, 3.05) is 0 Å². The molecule has 0 unspecified atom stereocenters. The molecule has 1 amide bonds. The molecule has 0 fully saturated rings. The summed E-state index contributed by atoms with van der Waals surface area (Å²) in [6, 6.07) is 5.40. The van der Waals surface area contributed by atoms with Crippen LogP contribution in [0.5, 0.6) is 0 Å². The molecule has 2 rings (SSSR count). The fourth-order valence-corrected chi connectivity index (χ4v) is 1.86. The lowest BCUT2D eigenvalue weighted by atomic mass is 10.1. The Labute approximate surface area is 111 Å². The van der Waals surface area contributed by atoms with Crippen LogP contribution in [0.25, 0.3) is 10.9 Å². The van der Waals surface area contributed by atoms with E-state index in [2.05, 4.69) is 27.6 Å². The quantitative estimate of drug-likeness (QED) is 0.767. The van der Waals surface area contributed by atoms with Gasteiger partial charge >= 0.3 is 0 Å². The molecule has 0 saturated heterocycles. The molecule has 0 radical (unpaired) electrons. The molecule has 0 aliphatic rings. The van der Waals surface area contributed by atoms with Gasteiger partial charge in [0, 0.05) is 20.7 Å². The van der Waals surface area contributed by atoms with Crippen molar-refractivity contribution in [3.05, 3.63) is 43.8 Å². The number of carbonyl (C=O) groups is 1. The maximum absolute atomic E-state index is 11.8. The monoisotopic (exact) mass is 350 g/mol. The summed E-state index contributed by atoms with van der Waals surface area (Å²) >= 11 is 2.10. The Morgan fingerprint density at radius 1 is 1.38 bits per heavy atom. The van der Waals surface area contributed by atoms with Gasteiger partial charge in [0.25, 0.3) is 5.91 Å². The number of benzene rings is 1. The minimum Gasteiger partial charge on any atom is -0.365 e. The molecular weight excluding hydrogens is 342 g/mol. The van der Waals surface area contributed by atoms with Gasteiger partial charge in [0.1, 0.15) is 5.56 Å². The number of H-pyrrole nitrogens is 1. The fraction of sp³-hybridized carbons (Fsp3) is 0. The lowest BCUT2D eigenvalue weighted by molar-refractivity contribution is 0.0999. The Morgan fingerprint density at radius 2 is 2.06 bits per heavy atom. The first-order valence-electron chi connectivity index (χ1n) is 4.20. The molecule has 0 saturated carbocycles. The number of carbonyl (C=O) groups excluding carboxylic acids is 1. The Bertz CT molecular complexity index is 609. The molecule has 0 bridgehead atoms. The molecule has 3 N–H and O–H groups in total. The molecule has 0 spiro atoms. The Kier molecular flexibility index (Phi) is 3.93. The number of pyridine rings is 1. The fourth-order valence-electron chi connectivity index (χ4n) is 1.37. The highest BCUT2D eigenvalue weighted by atomic mass is 127. The maximum Gasteiger partial charge on any atom is 0.254 e. The van der Waals surface area contributed by atoms with Crippen molar-refractivity contribution >= 4 is 51.8 Å². The first kappa shape index (κ1) is 13.0. The van der Waals surface area contributed by atoms with Crippen LogP contribution >= 0.6 is 35.0 Å². The highest BCUT2D eigenvalue weighted by molar-refractivity contribution is 14.1. The summed E-state index contributed by atoms with van der Waals surface area (Å²) in [5.74, 6) is -0.711. The zero-order valence-electron chi connectivity index (χ0n) is 7.99. The summed E-state index contributed by atoms with van der Waals surface area (Å²) in [7, 11) is 0. The van der Waals surface area contributed by atoms with Crippen LogP contribution in [0.3, 0.4) is 0 Å². The number of nitrogens with one attached hydrogen (secondary N) is 1. The summed E-state index contributed by atoms with van der Waals surface area (Å²) in [5.41, 5.74) is 5.45. The van der Waals surface area contributed by atoms with E-state index >= 15 is 0 Å². The number of rotatable bonds is 1. The second-order valence-electron chi connectivity index (χ2n) is 3.09. The number of nitrogens with two attached hydrogens (primary N) is 1. The number of aromatic amines is 1. The number of primary amides is 1. The van der Waals surface area contributed by atoms with Crippen LogP contribution in [0.1, 0.15) is 10.4 Å². The van der Waals surface area contributed by atoms with E-state index in [4.69, 9.17) is 5.73 Å². The van der Waals surface area contributed by atoms with E-state index in [9.17, 15) is 9.59 Å². The van der Waals surface area contributed by atoms with Gasteiger partial charge in [-0.25, -0.2) is 0 Å². The van der Waals surface area contributed by atoms with Crippen molar-refractivity contribution in [3.8, 4) is 0 Å². The van der Waals surface area contributed by atoms with Crippen LogP contribution in [-0.4, -0.2) is 10.9 Å². The first-order chi connectivity index (χ1) is 7.09. The van der Waals surface area contributed by atoms with Crippen molar-refractivity contribution in [2.24, 2.45) is 5.73 Å². The van der Waals surface area contributed by atoms with Gasteiger partial charge in [0.15, 0.2) is 0 Å². The second kappa shape index (κ2) is 4.84. The molecule has 0 aliphatic carbocycles. The van der Waals surface area contributed by atoms with Crippen LogP contribution in [0.2, 0.25) is 0 Å². The number of halogens is 2. The van der Waals surface area contributed by atoms with Gasteiger partial charge in [-0.2, -0.15) is 0 Å². The number of hydrogen-bond donors (Lipinski definition) is 2. The van der Waals surface area contributed by atoms with Crippen molar-refractivity contribution in [2.45, 2.75) is 0 Å². The number of aromatic nitrogens is 1. The number of hydrogen-bond acceptors (Lipinski definition) is 2. The Hall–Kier alpha value is -1.08. The highest BCUT2D eigenvalue weighted by Gasteiger charge is 2.09. The molecule has 1 heterocycles. The van der Waals surface area contributed by atoms with Gasteiger partial charge in [0.05, 0.1) is 0 Å². The van der Waals surface area contributed by atoms with Gasteiger partial charge in [-0.1, -0.05) is 0 Å². The summed E-state index contributed by atoms with van der Waals surface area (Å²) in [5, 5.41) is 0.484.